The molecule has 0 saturated carbocycles. The molecule has 0 saturated heterocycles. The van der Waals surface area contributed by atoms with E-state index in [0.29, 0.717) is 18.7 Å². The number of benzene rings is 1. The molecule has 1 aromatic heterocycles. The average molecular weight is 340 g/mol. The highest BCUT2D eigenvalue weighted by Gasteiger charge is 2.18. The van der Waals surface area contributed by atoms with Gasteiger partial charge in [0.05, 0.1) is 18.4 Å². The van der Waals surface area contributed by atoms with Crippen molar-refractivity contribution in [3.63, 3.8) is 0 Å². The Hall–Kier alpha value is -1.20. The van der Waals surface area contributed by atoms with Crippen LogP contribution >= 0.6 is 28.6 Å². The summed E-state index contributed by atoms with van der Waals surface area (Å²) in [5, 5.41) is 0. The summed E-state index contributed by atoms with van der Waals surface area (Å²) in [4.78, 5) is 15.0. The van der Waals surface area contributed by atoms with E-state index in [4.69, 9.17) is 4.42 Å². The first kappa shape index (κ1) is 14.2. The Labute approximate surface area is 126 Å². The highest BCUT2D eigenvalue weighted by Crippen LogP contribution is 2.22. The van der Waals surface area contributed by atoms with Crippen LogP contribution < -0.4 is 0 Å². The van der Waals surface area contributed by atoms with Gasteiger partial charge in [0.25, 0.3) is 5.91 Å². The maximum Gasteiger partial charge on any atom is 0.255 e. The zero-order chi connectivity index (χ0) is 13.8. The molecule has 0 unspecified atom stereocenters. The predicted molar refractivity (Wildman–Crippen MR) is 80.5 cm³/mol. The minimum Gasteiger partial charge on any atom is -0.467 e. The van der Waals surface area contributed by atoms with Gasteiger partial charge in [0.15, 0.2) is 0 Å². The zero-order valence-corrected chi connectivity index (χ0v) is 12.9. The van der Waals surface area contributed by atoms with E-state index in [1.165, 1.54) is 0 Å². The molecule has 0 radical (unpaired) electrons. The summed E-state index contributed by atoms with van der Waals surface area (Å²) in [7, 11) is 0. The van der Waals surface area contributed by atoms with Gasteiger partial charge in [-0.15, -0.1) is 12.6 Å². The smallest absolute Gasteiger partial charge is 0.255 e. The van der Waals surface area contributed by atoms with Gasteiger partial charge in [0.2, 0.25) is 0 Å². The van der Waals surface area contributed by atoms with Crippen molar-refractivity contribution in [1.82, 2.24) is 4.90 Å². The van der Waals surface area contributed by atoms with Gasteiger partial charge in [0.1, 0.15) is 5.76 Å². The van der Waals surface area contributed by atoms with Crippen LogP contribution in [0, 0.1) is 0 Å². The third-order valence-electron chi connectivity index (χ3n) is 2.78. The topological polar surface area (TPSA) is 33.5 Å². The van der Waals surface area contributed by atoms with E-state index >= 15 is 0 Å². The fourth-order valence-corrected chi connectivity index (χ4v) is 2.39. The lowest BCUT2D eigenvalue weighted by atomic mass is 10.2. The van der Waals surface area contributed by atoms with E-state index in [0.717, 1.165) is 15.1 Å². The molecule has 2 rings (SSSR count). The lowest BCUT2D eigenvalue weighted by molar-refractivity contribution is 0.0740. The van der Waals surface area contributed by atoms with Gasteiger partial charge in [-0.25, -0.2) is 0 Å². The molecule has 0 bridgehead atoms. The molecule has 1 amide bonds. The first-order chi connectivity index (χ1) is 9.11. The molecule has 5 heteroatoms. The number of thiol groups is 1. The summed E-state index contributed by atoms with van der Waals surface area (Å²) >= 11 is 7.67. The van der Waals surface area contributed by atoms with Crippen molar-refractivity contribution >= 4 is 34.5 Å². The second kappa shape index (κ2) is 6.30. The highest BCUT2D eigenvalue weighted by molar-refractivity contribution is 9.10. The summed E-state index contributed by atoms with van der Waals surface area (Å²) in [6.45, 7) is 3.02. The Morgan fingerprint density at radius 3 is 2.84 bits per heavy atom. The van der Waals surface area contributed by atoms with Crippen molar-refractivity contribution in [3.05, 3.63) is 52.4 Å². The monoisotopic (exact) mass is 339 g/mol. The normalized spacial score (nSPS) is 10.5. The molecule has 0 aliphatic carbocycles. The number of halogens is 1. The molecule has 1 heterocycles. The molecule has 0 aliphatic heterocycles. The number of hydrogen-bond acceptors (Lipinski definition) is 3. The van der Waals surface area contributed by atoms with Crippen molar-refractivity contribution in [2.45, 2.75) is 18.4 Å². The fourth-order valence-electron chi connectivity index (χ4n) is 1.77. The minimum atomic E-state index is -0.0401. The molecule has 2 aromatic rings. The SMILES string of the molecule is CCN(Cc1ccco1)C(=O)c1cc(S)ccc1Br. The van der Waals surface area contributed by atoms with Crippen molar-refractivity contribution in [1.29, 1.82) is 0 Å². The molecule has 0 aliphatic rings. The van der Waals surface area contributed by atoms with Gasteiger partial charge < -0.3 is 9.32 Å². The number of amides is 1. The van der Waals surface area contributed by atoms with Gasteiger partial charge in [0, 0.05) is 15.9 Å². The average Bonchev–Trinajstić information content (AvgIpc) is 2.91. The van der Waals surface area contributed by atoms with E-state index in [1.807, 2.05) is 31.2 Å². The van der Waals surface area contributed by atoms with Gasteiger partial charge in [-0.2, -0.15) is 0 Å². The Bertz CT molecular complexity index is 569. The van der Waals surface area contributed by atoms with Crippen LogP contribution in [0.4, 0.5) is 0 Å². The van der Waals surface area contributed by atoms with Crippen LogP contribution in [-0.4, -0.2) is 17.4 Å². The van der Waals surface area contributed by atoms with Crippen LogP contribution in [-0.2, 0) is 6.54 Å². The Morgan fingerprint density at radius 1 is 1.42 bits per heavy atom. The highest BCUT2D eigenvalue weighted by atomic mass is 79.9. The number of rotatable bonds is 4. The van der Waals surface area contributed by atoms with E-state index in [9.17, 15) is 4.79 Å². The molecule has 0 spiro atoms. The predicted octanol–water partition coefficient (Wildman–Crippen LogP) is 3.99. The van der Waals surface area contributed by atoms with Gasteiger partial charge >= 0.3 is 0 Å². The molecule has 100 valence electrons. The number of hydrogen-bond donors (Lipinski definition) is 1. The first-order valence-corrected chi connectivity index (χ1v) is 7.16. The first-order valence-electron chi connectivity index (χ1n) is 5.92. The summed E-state index contributed by atoms with van der Waals surface area (Å²) in [5.41, 5.74) is 0.612. The van der Waals surface area contributed by atoms with Crippen LogP contribution in [0.1, 0.15) is 23.0 Å². The molecule has 1 aromatic carbocycles. The lowest BCUT2D eigenvalue weighted by Gasteiger charge is -2.20. The molecule has 0 fully saturated rings. The molecular formula is C14H14BrNO2S. The summed E-state index contributed by atoms with van der Waals surface area (Å²) in [6.07, 6.45) is 1.61. The molecule has 19 heavy (non-hydrogen) atoms. The van der Waals surface area contributed by atoms with Crippen molar-refractivity contribution in [2.24, 2.45) is 0 Å². The number of nitrogens with zero attached hydrogens (tertiary/aromatic N) is 1. The fraction of sp³-hybridized carbons (Fsp3) is 0.214. The van der Waals surface area contributed by atoms with Gasteiger partial charge in [-0.3, -0.25) is 4.79 Å². The standard InChI is InChI=1S/C14H14BrNO2S/c1-2-16(9-10-4-3-7-18-10)14(17)12-8-11(19)5-6-13(12)15/h3-8,19H,2,9H2,1H3. The van der Waals surface area contributed by atoms with E-state index in [-0.39, 0.29) is 5.91 Å². The Morgan fingerprint density at radius 2 is 2.21 bits per heavy atom. The third-order valence-corrected chi connectivity index (χ3v) is 3.75. The number of carbonyl (C=O) groups excluding carboxylic acids is 1. The van der Waals surface area contributed by atoms with Crippen LogP contribution in [0.2, 0.25) is 0 Å². The van der Waals surface area contributed by atoms with Gasteiger partial charge in [-0.1, -0.05) is 0 Å². The lowest BCUT2D eigenvalue weighted by Crippen LogP contribution is -2.30. The third kappa shape index (κ3) is 3.42. The molecule has 0 N–H and O–H groups in total. The number of carbonyl (C=O) groups is 1. The maximum absolute atomic E-state index is 12.5. The van der Waals surface area contributed by atoms with E-state index in [2.05, 4.69) is 28.6 Å². The molecular weight excluding hydrogens is 326 g/mol. The Kier molecular flexibility index (Phi) is 4.71. The van der Waals surface area contributed by atoms with Crippen LogP contribution in [0.5, 0.6) is 0 Å². The summed E-state index contributed by atoms with van der Waals surface area (Å²) in [5.74, 6) is 0.732. The van der Waals surface area contributed by atoms with E-state index in [1.54, 1.807) is 17.2 Å². The second-order valence-electron chi connectivity index (χ2n) is 4.06. The van der Waals surface area contributed by atoms with Crippen LogP contribution in [0.25, 0.3) is 0 Å². The minimum absolute atomic E-state index is 0.0401. The Balaban J connectivity index is 2.23. The largest absolute Gasteiger partial charge is 0.467 e. The van der Waals surface area contributed by atoms with Crippen molar-refractivity contribution in [3.8, 4) is 0 Å². The number of furan rings is 1. The summed E-state index contributed by atoms with van der Waals surface area (Å²) in [6, 6.07) is 9.11. The summed E-state index contributed by atoms with van der Waals surface area (Å²) < 4.78 is 6.06. The van der Waals surface area contributed by atoms with Gasteiger partial charge in [-0.05, 0) is 53.2 Å². The zero-order valence-electron chi connectivity index (χ0n) is 10.5. The molecule has 0 atom stereocenters. The maximum atomic E-state index is 12.5. The van der Waals surface area contributed by atoms with Crippen molar-refractivity contribution < 1.29 is 9.21 Å². The molecule has 3 nitrogen and oxygen atoms in total. The second-order valence-corrected chi connectivity index (χ2v) is 5.43. The quantitative estimate of drug-likeness (QED) is 0.854. The van der Waals surface area contributed by atoms with Crippen LogP contribution in [0.15, 0.2) is 50.4 Å². The van der Waals surface area contributed by atoms with Crippen LogP contribution in [0.3, 0.4) is 0 Å². The van der Waals surface area contributed by atoms with Crippen molar-refractivity contribution in [2.75, 3.05) is 6.54 Å². The van der Waals surface area contributed by atoms with E-state index < -0.39 is 0 Å².